The van der Waals surface area contributed by atoms with Crippen LogP contribution >= 0.6 is 0 Å². The van der Waals surface area contributed by atoms with Crippen molar-refractivity contribution in [2.75, 3.05) is 20.8 Å². The zero-order chi connectivity index (χ0) is 23.4. The van der Waals surface area contributed by atoms with Gasteiger partial charge in [-0.1, -0.05) is 23.8 Å². The van der Waals surface area contributed by atoms with Crippen molar-refractivity contribution in [2.45, 2.75) is 22.0 Å². The molecule has 0 bridgehead atoms. The number of methoxy groups -OCH3 is 2. The molecule has 0 spiro atoms. The van der Waals surface area contributed by atoms with Crippen LogP contribution in [0, 0.1) is 6.92 Å². The normalized spacial score (nSPS) is 12.8. The van der Waals surface area contributed by atoms with E-state index in [4.69, 9.17) is 9.47 Å². The molecule has 0 saturated heterocycles. The molecule has 170 valence electrons. The Bertz CT molecular complexity index is 1280. The lowest BCUT2D eigenvalue weighted by atomic mass is 10.2. The average molecular weight is 477 g/mol. The molecule has 32 heavy (non-hydrogen) atoms. The molecule has 0 unspecified atom stereocenters. The van der Waals surface area contributed by atoms with Gasteiger partial charge < -0.3 is 9.47 Å². The lowest BCUT2D eigenvalue weighted by Crippen LogP contribution is -2.32. The van der Waals surface area contributed by atoms with Crippen LogP contribution < -0.4 is 14.2 Å². The van der Waals surface area contributed by atoms with Crippen LogP contribution in [0.1, 0.15) is 16.4 Å². The van der Waals surface area contributed by atoms with E-state index < -0.39 is 25.1 Å². The van der Waals surface area contributed by atoms with Crippen LogP contribution in [0.4, 0.5) is 0 Å². The quantitative estimate of drug-likeness (QED) is 0.505. The summed E-state index contributed by atoms with van der Waals surface area (Å²) in [7, 11) is -5.11. The Labute approximate surface area is 188 Å². The molecule has 0 amide bonds. The van der Waals surface area contributed by atoms with Crippen molar-refractivity contribution in [1.82, 2.24) is 9.71 Å². The fraction of sp³-hybridized carbons (Fsp3) is 0.227. The van der Waals surface area contributed by atoms with Gasteiger partial charge in [0.1, 0.15) is 5.25 Å². The lowest BCUT2D eigenvalue weighted by molar-refractivity contribution is 0.354. The number of ether oxygens (including phenoxy) is 2. The van der Waals surface area contributed by atoms with Gasteiger partial charge in [-0.2, -0.15) is 0 Å². The van der Waals surface area contributed by atoms with E-state index in [2.05, 4.69) is 9.71 Å². The van der Waals surface area contributed by atoms with E-state index in [1.54, 1.807) is 24.3 Å². The van der Waals surface area contributed by atoms with Gasteiger partial charge in [-0.05, 0) is 42.8 Å². The number of benzene rings is 2. The second-order valence-corrected chi connectivity index (χ2v) is 10.9. The molecule has 0 radical (unpaired) electrons. The number of sulfone groups is 1. The van der Waals surface area contributed by atoms with E-state index in [0.717, 1.165) is 5.56 Å². The maximum absolute atomic E-state index is 13.4. The van der Waals surface area contributed by atoms with Crippen LogP contribution in [-0.2, 0) is 19.9 Å². The average Bonchev–Trinajstić information content (AvgIpc) is 2.79. The summed E-state index contributed by atoms with van der Waals surface area (Å²) in [6, 6.07) is 13.8. The van der Waals surface area contributed by atoms with Crippen LogP contribution in [-0.4, -0.2) is 42.6 Å². The van der Waals surface area contributed by atoms with Gasteiger partial charge in [0.25, 0.3) is 0 Å². The Hall–Kier alpha value is -2.95. The summed E-state index contributed by atoms with van der Waals surface area (Å²) in [6.07, 6.45) is 2.94. The van der Waals surface area contributed by atoms with Gasteiger partial charge >= 0.3 is 0 Å². The van der Waals surface area contributed by atoms with E-state index in [1.807, 2.05) is 6.92 Å². The van der Waals surface area contributed by atoms with Crippen molar-refractivity contribution < 1.29 is 26.3 Å². The van der Waals surface area contributed by atoms with Crippen LogP contribution in [0.25, 0.3) is 0 Å². The molecule has 3 rings (SSSR count). The number of aromatic nitrogens is 1. The maximum Gasteiger partial charge on any atom is 0.240 e. The van der Waals surface area contributed by atoms with Crippen LogP contribution in [0.15, 0.2) is 76.8 Å². The molecule has 10 heteroatoms. The number of nitrogens with one attached hydrogen (secondary N) is 1. The minimum atomic E-state index is -4.04. The summed E-state index contributed by atoms with van der Waals surface area (Å²) < 4.78 is 65.3. The zero-order valence-electron chi connectivity index (χ0n) is 17.8. The predicted molar refractivity (Wildman–Crippen MR) is 120 cm³/mol. The third-order valence-electron chi connectivity index (χ3n) is 4.90. The van der Waals surface area contributed by atoms with Gasteiger partial charge in [0, 0.05) is 25.0 Å². The summed E-state index contributed by atoms with van der Waals surface area (Å²) in [5, 5.41) is -1.17. The topological polar surface area (TPSA) is 112 Å². The monoisotopic (exact) mass is 476 g/mol. The van der Waals surface area contributed by atoms with Gasteiger partial charge in [0.2, 0.25) is 10.0 Å². The van der Waals surface area contributed by atoms with Crippen molar-refractivity contribution in [2.24, 2.45) is 0 Å². The highest BCUT2D eigenvalue weighted by atomic mass is 32.2. The number of aryl methyl sites for hydroxylation is 1. The third-order valence-corrected chi connectivity index (χ3v) is 8.44. The molecule has 0 saturated carbocycles. The van der Waals surface area contributed by atoms with Crippen LogP contribution in [0.5, 0.6) is 11.5 Å². The minimum Gasteiger partial charge on any atom is -0.493 e. The number of pyridine rings is 1. The highest BCUT2D eigenvalue weighted by molar-refractivity contribution is 7.92. The number of hydrogen-bond donors (Lipinski definition) is 1. The smallest absolute Gasteiger partial charge is 0.240 e. The maximum atomic E-state index is 13.4. The summed E-state index contributed by atoms with van der Waals surface area (Å²) in [6.45, 7) is 1.48. The summed E-state index contributed by atoms with van der Waals surface area (Å²) in [4.78, 5) is 4.02. The Morgan fingerprint density at radius 1 is 0.906 bits per heavy atom. The van der Waals surface area contributed by atoms with Crippen molar-refractivity contribution in [3.63, 3.8) is 0 Å². The molecule has 0 aliphatic heterocycles. The highest BCUT2D eigenvalue weighted by Crippen LogP contribution is 2.31. The van der Waals surface area contributed by atoms with E-state index in [0.29, 0.717) is 11.3 Å². The Kier molecular flexibility index (Phi) is 7.17. The summed E-state index contributed by atoms with van der Waals surface area (Å²) in [5.41, 5.74) is 1.29. The highest BCUT2D eigenvalue weighted by Gasteiger charge is 2.31. The fourth-order valence-electron chi connectivity index (χ4n) is 3.12. The Morgan fingerprint density at radius 3 is 2.16 bits per heavy atom. The second kappa shape index (κ2) is 9.68. The molecule has 0 aliphatic carbocycles. The second-order valence-electron chi connectivity index (χ2n) is 7.00. The van der Waals surface area contributed by atoms with Gasteiger partial charge in [0.05, 0.1) is 24.0 Å². The molecular formula is C22H24N2O6S2. The first-order valence-corrected chi connectivity index (χ1v) is 12.6. The third kappa shape index (κ3) is 5.09. The Morgan fingerprint density at radius 2 is 1.56 bits per heavy atom. The van der Waals surface area contributed by atoms with Gasteiger partial charge in [-0.25, -0.2) is 21.6 Å². The van der Waals surface area contributed by atoms with Gasteiger partial charge in [-0.3, -0.25) is 4.98 Å². The lowest BCUT2D eigenvalue weighted by Gasteiger charge is -2.19. The number of sulfonamides is 1. The van der Waals surface area contributed by atoms with E-state index in [9.17, 15) is 16.8 Å². The predicted octanol–water partition coefficient (Wildman–Crippen LogP) is 2.90. The SMILES string of the molecule is COc1ccc(S(=O)(=O)NC[C@@H](c2cccnc2)S(=O)(=O)c2ccc(C)cc2)cc1OC. The molecule has 1 aromatic heterocycles. The van der Waals surface area contributed by atoms with Gasteiger partial charge in [0.15, 0.2) is 21.3 Å². The molecule has 1 heterocycles. The van der Waals surface area contributed by atoms with E-state index in [-0.39, 0.29) is 22.1 Å². The van der Waals surface area contributed by atoms with E-state index in [1.165, 1.54) is 56.9 Å². The molecular weight excluding hydrogens is 452 g/mol. The molecule has 1 N–H and O–H groups in total. The standard InChI is InChI=1S/C22H24N2O6S2/c1-16-6-8-18(9-7-16)31(25,26)22(17-5-4-12-23-14-17)15-24-32(27,28)19-10-11-20(29-2)21(13-19)30-3/h4-14,22,24H,15H2,1-3H3/t22-/m0/s1. The molecule has 0 fully saturated rings. The minimum absolute atomic E-state index is 0.0761. The van der Waals surface area contributed by atoms with Crippen LogP contribution in [0.3, 0.4) is 0 Å². The molecule has 2 aromatic carbocycles. The van der Waals surface area contributed by atoms with Crippen molar-refractivity contribution in [3.8, 4) is 11.5 Å². The largest absolute Gasteiger partial charge is 0.493 e. The Balaban J connectivity index is 1.95. The first kappa shape index (κ1) is 23.7. The first-order valence-electron chi connectivity index (χ1n) is 9.61. The summed E-state index contributed by atoms with van der Waals surface area (Å²) >= 11 is 0. The molecule has 3 aromatic rings. The summed E-state index contributed by atoms with van der Waals surface area (Å²) in [5.74, 6) is 0.619. The first-order chi connectivity index (χ1) is 15.2. The van der Waals surface area contributed by atoms with E-state index >= 15 is 0 Å². The fourth-order valence-corrected chi connectivity index (χ4v) is 5.93. The van der Waals surface area contributed by atoms with Crippen molar-refractivity contribution >= 4 is 19.9 Å². The number of rotatable bonds is 9. The van der Waals surface area contributed by atoms with Gasteiger partial charge in [-0.15, -0.1) is 0 Å². The molecule has 0 aliphatic rings. The molecule has 8 nitrogen and oxygen atoms in total. The number of hydrogen-bond acceptors (Lipinski definition) is 7. The van der Waals surface area contributed by atoms with Crippen molar-refractivity contribution in [3.05, 3.63) is 78.1 Å². The number of nitrogens with zero attached hydrogens (tertiary/aromatic N) is 1. The molecule has 1 atom stereocenters. The van der Waals surface area contributed by atoms with Crippen molar-refractivity contribution in [1.29, 1.82) is 0 Å². The zero-order valence-corrected chi connectivity index (χ0v) is 19.5. The van der Waals surface area contributed by atoms with Crippen LogP contribution in [0.2, 0.25) is 0 Å².